The fraction of sp³-hybridized carbons (Fsp3) is 0.259. The van der Waals surface area contributed by atoms with E-state index in [9.17, 15) is 18.0 Å². The van der Waals surface area contributed by atoms with Crippen LogP contribution in [0.1, 0.15) is 44.3 Å². The summed E-state index contributed by atoms with van der Waals surface area (Å²) >= 11 is 6.38. The van der Waals surface area contributed by atoms with Crippen LogP contribution in [-0.4, -0.2) is 44.5 Å². The minimum atomic E-state index is -3.78. The van der Waals surface area contributed by atoms with Crippen LogP contribution in [0.15, 0.2) is 47.4 Å². The van der Waals surface area contributed by atoms with Gasteiger partial charge in [-0.15, -0.1) is 0 Å². The molecular weight excluding hydrogens is 519 g/mol. The number of halogens is 2. The number of amides is 2. The third-order valence-corrected chi connectivity index (χ3v) is 8.08. The number of rotatable bonds is 5. The predicted molar refractivity (Wildman–Crippen MR) is 139 cm³/mol. The Morgan fingerprint density at radius 3 is 2.49 bits per heavy atom. The molecule has 2 amide bonds. The van der Waals surface area contributed by atoms with Crippen molar-refractivity contribution in [2.45, 2.75) is 31.7 Å². The number of benzene rings is 3. The average molecular weight is 545 g/mol. The molecule has 0 spiro atoms. The molecule has 0 saturated carbocycles. The zero-order valence-electron chi connectivity index (χ0n) is 20.6. The highest BCUT2D eigenvalue weighted by molar-refractivity contribution is 7.90. The highest BCUT2D eigenvalue weighted by Crippen LogP contribution is 2.35. The van der Waals surface area contributed by atoms with Gasteiger partial charge in [0.1, 0.15) is 23.1 Å². The molecular formula is C27H26ClFN2O5S. The molecule has 3 aromatic rings. The van der Waals surface area contributed by atoms with Gasteiger partial charge in [0.2, 0.25) is 5.91 Å². The Balaban J connectivity index is 1.71. The Bertz CT molecular complexity index is 1540. The quantitative estimate of drug-likeness (QED) is 0.507. The van der Waals surface area contributed by atoms with E-state index >= 15 is 4.39 Å². The van der Waals surface area contributed by atoms with Crippen LogP contribution in [-0.2, 0) is 22.8 Å². The molecule has 7 nitrogen and oxygen atoms in total. The van der Waals surface area contributed by atoms with E-state index in [4.69, 9.17) is 22.1 Å². The molecule has 0 saturated heterocycles. The van der Waals surface area contributed by atoms with Crippen molar-refractivity contribution < 1.29 is 27.1 Å². The van der Waals surface area contributed by atoms with Crippen molar-refractivity contribution in [3.63, 3.8) is 0 Å². The molecule has 1 heterocycles. The number of hydrogen-bond acceptors (Lipinski definition) is 5. The van der Waals surface area contributed by atoms with Crippen LogP contribution in [0.5, 0.6) is 5.75 Å². The van der Waals surface area contributed by atoms with Crippen LogP contribution in [0, 0.1) is 12.7 Å². The van der Waals surface area contributed by atoms with E-state index < -0.39 is 32.4 Å². The van der Waals surface area contributed by atoms with Gasteiger partial charge in [0.25, 0.3) is 5.91 Å². The van der Waals surface area contributed by atoms with Crippen molar-refractivity contribution >= 4 is 33.3 Å². The highest BCUT2D eigenvalue weighted by Gasteiger charge is 2.27. The number of primary amides is 1. The van der Waals surface area contributed by atoms with Crippen molar-refractivity contribution in [2.24, 2.45) is 5.73 Å². The summed E-state index contributed by atoms with van der Waals surface area (Å²) in [4.78, 5) is 26.3. The average Bonchev–Trinajstić information content (AvgIpc) is 3.06. The number of sulfone groups is 1. The number of carbonyl (C=O) groups excluding carboxylic acids is 2. The lowest BCUT2D eigenvalue weighted by Gasteiger charge is -2.22. The standard InChI is InChI=1S/C27H26ClFN2O5S/c1-4-18-20(8-10-23(25(18)29)37(3,34)35)27(33)31-11-12-36-22-9-5-16(13-17(22)14-31)19-6-7-21(26(30)32)24(28)15(19)2/h5-10,13H,4,11-12,14H2,1-3H3,(H2,30,32). The zero-order valence-corrected chi connectivity index (χ0v) is 22.2. The predicted octanol–water partition coefficient (Wildman–Crippen LogP) is 4.55. The maximum absolute atomic E-state index is 15.1. The van der Waals surface area contributed by atoms with Gasteiger partial charge in [0, 0.05) is 29.5 Å². The molecule has 0 bridgehead atoms. The number of ether oxygens (including phenoxy) is 1. The summed E-state index contributed by atoms with van der Waals surface area (Å²) in [6.45, 7) is 4.17. The molecule has 3 aromatic carbocycles. The van der Waals surface area contributed by atoms with Gasteiger partial charge in [-0.1, -0.05) is 30.7 Å². The lowest BCUT2D eigenvalue weighted by molar-refractivity contribution is 0.0731. The fourth-order valence-electron chi connectivity index (χ4n) is 4.53. The maximum Gasteiger partial charge on any atom is 0.254 e. The Labute approximate surface area is 219 Å². The monoisotopic (exact) mass is 544 g/mol. The van der Waals surface area contributed by atoms with E-state index in [2.05, 4.69) is 0 Å². The molecule has 10 heteroatoms. The van der Waals surface area contributed by atoms with E-state index in [1.165, 1.54) is 6.07 Å². The number of carbonyl (C=O) groups is 2. The molecule has 37 heavy (non-hydrogen) atoms. The van der Waals surface area contributed by atoms with Gasteiger partial charge in [-0.2, -0.15) is 0 Å². The lowest BCUT2D eigenvalue weighted by atomic mass is 9.96. The summed E-state index contributed by atoms with van der Waals surface area (Å²) in [5.74, 6) is -1.30. The van der Waals surface area contributed by atoms with Crippen molar-refractivity contribution in [3.8, 4) is 16.9 Å². The fourth-order valence-corrected chi connectivity index (χ4v) is 5.55. The van der Waals surface area contributed by atoms with Crippen molar-refractivity contribution in [1.82, 2.24) is 4.90 Å². The maximum atomic E-state index is 15.1. The molecule has 1 aliphatic heterocycles. The van der Waals surface area contributed by atoms with E-state index in [-0.39, 0.29) is 47.8 Å². The van der Waals surface area contributed by atoms with Crippen molar-refractivity contribution in [3.05, 3.63) is 81.1 Å². The Morgan fingerprint density at radius 2 is 1.84 bits per heavy atom. The summed E-state index contributed by atoms with van der Waals surface area (Å²) in [6.07, 6.45) is 1.09. The molecule has 0 aliphatic carbocycles. The van der Waals surface area contributed by atoms with Gasteiger partial charge in [0.15, 0.2) is 9.84 Å². The zero-order chi connectivity index (χ0) is 27.1. The topological polar surface area (TPSA) is 107 Å². The van der Waals surface area contributed by atoms with E-state index in [1.54, 1.807) is 30.9 Å². The van der Waals surface area contributed by atoms with Gasteiger partial charge < -0.3 is 15.4 Å². The number of fused-ring (bicyclic) bond motifs is 1. The third-order valence-electron chi connectivity index (χ3n) is 6.48. The molecule has 4 rings (SSSR count). The molecule has 0 aromatic heterocycles. The van der Waals surface area contributed by atoms with E-state index in [0.717, 1.165) is 29.0 Å². The summed E-state index contributed by atoms with van der Waals surface area (Å²) in [7, 11) is -3.78. The van der Waals surface area contributed by atoms with Crippen molar-refractivity contribution in [1.29, 1.82) is 0 Å². The number of hydrogen-bond donors (Lipinski definition) is 1. The normalized spacial score (nSPS) is 13.5. The second kappa shape index (κ2) is 10.1. The Kier molecular flexibility index (Phi) is 7.30. The van der Waals surface area contributed by atoms with Crippen LogP contribution in [0.2, 0.25) is 5.02 Å². The van der Waals surface area contributed by atoms with E-state index in [1.807, 2.05) is 18.2 Å². The Hall–Kier alpha value is -3.43. The minimum Gasteiger partial charge on any atom is -0.491 e. The first-order valence-electron chi connectivity index (χ1n) is 11.6. The molecule has 1 aliphatic rings. The van der Waals surface area contributed by atoms with Gasteiger partial charge in [-0.3, -0.25) is 9.59 Å². The molecule has 0 radical (unpaired) electrons. The van der Waals surface area contributed by atoms with Gasteiger partial charge in [0.05, 0.1) is 17.1 Å². The highest BCUT2D eigenvalue weighted by atomic mass is 35.5. The first-order chi connectivity index (χ1) is 17.4. The largest absolute Gasteiger partial charge is 0.491 e. The first kappa shape index (κ1) is 26.6. The molecule has 2 N–H and O–H groups in total. The number of nitrogens with zero attached hydrogens (tertiary/aromatic N) is 1. The van der Waals surface area contributed by atoms with Crippen molar-refractivity contribution in [2.75, 3.05) is 19.4 Å². The smallest absolute Gasteiger partial charge is 0.254 e. The summed E-state index contributed by atoms with van der Waals surface area (Å²) in [6, 6.07) is 11.4. The van der Waals surface area contributed by atoms with Gasteiger partial charge in [-0.25, -0.2) is 12.8 Å². The summed E-state index contributed by atoms with van der Waals surface area (Å²) < 4.78 is 44.8. The SMILES string of the molecule is CCc1c(C(=O)N2CCOc3ccc(-c4ccc(C(N)=O)c(Cl)c4C)cc3C2)ccc(S(C)(=O)=O)c1F. The third kappa shape index (κ3) is 5.06. The molecule has 0 atom stereocenters. The molecule has 0 unspecified atom stereocenters. The van der Waals surface area contributed by atoms with Crippen LogP contribution in [0.25, 0.3) is 11.1 Å². The second-order valence-electron chi connectivity index (χ2n) is 8.89. The summed E-state index contributed by atoms with van der Waals surface area (Å²) in [5, 5.41) is 0.277. The lowest BCUT2D eigenvalue weighted by Crippen LogP contribution is -2.33. The van der Waals surface area contributed by atoms with Crippen LogP contribution >= 0.6 is 11.6 Å². The summed E-state index contributed by atoms with van der Waals surface area (Å²) in [5.41, 5.74) is 8.86. The molecule has 0 fully saturated rings. The van der Waals surface area contributed by atoms with Crippen LogP contribution < -0.4 is 10.5 Å². The second-order valence-corrected chi connectivity index (χ2v) is 11.3. The van der Waals surface area contributed by atoms with E-state index in [0.29, 0.717) is 11.3 Å². The Morgan fingerprint density at radius 1 is 1.14 bits per heavy atom. The van der Waals surface area contributed by atoms with Gasteiger partial charge >= 0.3 is 0 Å². The van der Waals surface area contributed by atoms with Crippen LogP contribution in [0.4, 0.5) is 4.39 Å². The minimum absolute atomic E-state index is 0.0619. The van der Waals surface area contributed by atoms with Gasteiger partial charge in [-0.05, 0) is 60.4 Å². The first-order valence-corrected chi connectivity index (χ1v) is 13.9. The van der Waals surface area contributed by atoms with Crippen LogP contribution in [0.3, 0.4) is 0 Å². The number of nitrogens with two attached hydrogens (primary N) is 1. The molecule has 194 valence electrons.